The zero-order chi connectivity index (χ0) is 14.5. The molecule has 0 bridgehead atoms. The summed E-state index contributed by atoms with van der Waals surface area (Å²) in [6.07, 6.45) is 8.69. The van der Waals surface area contributed by atoms with Gasteiger partial charge in [-0.2, -0.15) is 5.06 Å². The molecule has 1 rings (SSSR count). The Morgan fingerprint density at radius 3 is 2.05 bits per heavy atom. The van der Waals surface area contributed by atoms with E-state index >= 15 is 0 Å². The smallest absolute Gasteiger partial charge is 0.0425 e. The van der Waals surface area contributed by atoms with Crippen molar-refractivity contribution in [1.82, 2.24) is 10.4 Å². The van der Waals surface area contributed by atoms with E-state index in [1.54, 1.807) is 5.06 Å². The summed E-state index contributed by atoms with van der Waals surface area (Å²) < 4.78 is 0. The Hall–Kier alpha value is -0.120. The van der Waals surface area contributed by atoms with E-state index in [4.69, 9.17) is 0 Å². The first-order valence-electron chi connectivity index (χ1n) is 8.02. The second-order valence-electron chi connectivity index (χ2n) is 7.41. The highest BCUT2D eigenvalue weighted by Crippen LogP contribution is 2.36. The first-order valence-corrected chi connectivity index (χ1v) is 8.02. The highest BCUT2D eigenvalue weighted by molar-refractivity contribution is 4.98. The van der Waals surface area contributed by atoms with Crippen molar-refractivity contribution in [3.05, 3.63) is 0 Å². The Balaban J connectivity index is 2.31. The number of hydrogen-bond donors (Lipinski definition) is 2. The lowest BCUT2D eigenvalue weighted by Crippen LogP contribution is -2.62. The van der Waals surface area contributed by atoms with Crippen LogP contribution in [0.4, 0.5) is 0 Å². The molecule has 0 aromatic rings. The van der Waals surface area contributed by atoms with Gasteiger partial charge in [0.05, 0.1) is 0 Å². The van der Waals surface area contributed by atoms with Crippen LogP contribution in [-0.4, -0.2) is 33.9 Å². The third-order valence-corrected chi connectivity index (χ3v) is 4.35. The topological polar surface area (TPSA) is 35.5 Å². The first-order chi connectivity index (χ1) is 8.79. The molecular formula is C16H34N2O. The van der Waals surface area contributed by atoms with Gasteiger partial charge in [0.1, 0.15) is 0 Å². The molecule has 1 aliphatic rings. The van der Waals surface area contributed by atoms with E-state index in [1.807, 2.05) is 0 Å². The molecule has 0 atom stereocenters. The van der Waals surface area contributed by atoms with Crippen molar-refractivity contribution in [1.29, 1.82) is 0 Å². The fraction of sp³-hybridized carbons (Fsp3) is 1.00. The summed E-state index contributed by atoms with van der Waals surface area (Å²) in [5.41, 5.74) is -0.275. The van der Waals surface area contributed by atoms with Gasteiger partial charge in [-0.3, -0.25) is 0 Å². The highest BCUT2D eigenvalue weighted by Gasteiger charge is 2.44. The fourth-order valence-corrected chi connectivity index (χ4v) is 3.45. The zero-order valence-electron chi connectivity index (χ0n) is 13.6. The maximum absolute atomic E-state index is 10.3. The van der Waals surface area contributed by atoms with Gasteiger partial charge in [0.15, 0.2) is 0 Å². The van der Waals surface area contributed by atoms with Crippen LogP contribution >= 0.6 is 0 Å². The van der Waals surface area contributed by atoms with Gasteiger partial charge >= 0.3 is 0 Å². The number of nitrogens with zero attached hydrogens (tertiary/aromatic N) is 1. The van der Waals surface area contributed by atoms with E-state index in [-0.39, 0.29) is 11.1 Å². The van der Waals surface area contributed by atoms with E-state index in [0.717, 1.165) is 19.4 Å². The molecule has 3 nitrogen and oxygen atoms in total. The molecular weight excluding hydrogens is 236 g/mol. The summed E-state index contributed by atoms with van der Waals surface area (Å²) in [5.74, 6) is 0. The summed E-state index contributed by atoms with van der Waals surface area (Å²) in [4.78, 5) is 0. The number of unbranched alkanes of at least 4 members (excludes halogenated alkanes) is 4. The van der Waals surface area contributed by atoms with Gasteiger partial charge < -0.3 is 10.5 Å². The molecule has 1 saturated heterocycles. The van der Waals surface area contributed by atoms with Crippen molar-refractivity contribution in [3.8, 4) is 0 Å². The maximum Gasteiger partial charge on any atom is 0.0425 e. The summed E-state index contributed by atoms with van der Waals surface area (Å²) >= 11 is 0. The number of hydrogen-bond acceptors (Lipinski definition) is 3. The van der Waals surface area contributed by atoms with Crippen molar-refractivity contribution in [3.63, 3.8) is 0 Å². The normalized spacial score (nSPS) is 23.7. The second kappa shape index (κ2) is 7.05. The van der Waals surface area contributed by atoms with Crippen LogP contribution in [0.3, 0.4) is 0 Å². The van der Waals surface area contributed by atoms with Crippen molar-refractivity contribution in [2.45, 2.75) is 96.7 Å². The Labute approximate surface area is 119 Å². The Morgan fingerprint density at radius 1 is 1.00 bits per heavy atom. The minimum Gasteiger partial charge on any atom is -0.314 e. The van der Waals surface area contributed by atoms with Gasteiger partial charge in [-0.15, -0.1) is 0 Å². The van der Waals surface area contributed by atoms with Crippen LogP contribution in [0.5, 0.6) is 0 Å². The van der Waals surface area contributed by atoms with Crippen molar-refractivity contribution in [2.24, 2.45) is 0 Å². The monoisotopic (exact) mass is 270 g/mol. The molecule has 0 aromatic carbocycles. The van der Waals surface area contributed by atoms with Crippen molar-refractivity contribution >= 4 is 0 Å². The van der Waals surface area contributed by atoms with E-state index in [0.29, 0.717) is 6.04 Å². The van der Waals surface area contributed by atoms with Crippen molar-refractivity contribution < 1.29 is 5.21 Å². The van der Waals surface area contributed by atoms with Gasteiger partial charge in [0.2, 0.25) is 0 Å². The quantitative estimate of drug-likeness (QED) is 0.687. The fourth-order valence-electron chi connectivity index (χ4n) is 3.45. The Kier molecular flexibility index (Phi) is 6.28. The molecule has 1 aliphatic heterocycles. The van der Waals surface area contributed by atoms with Gasteiger partial charge in [-0.05, 0) is 53.5 Å². The highest BCUT2D eigenvalue weighted by atomic mass is 16.5. The zero-order valence-corrected chi connectivity index (χ0v) is 13.6. The maximum atomic E-state index is 10.3. The Morgan fingerprint density at radius 2 is 1.53 bits per heavy atom. The van der Waals surface area contributed by atoms with E-state index in [9.17, 15) is 5.21 Å². The van der Waals surface area contributed by atoms with Crippen molar-refractivity contribution in [2.75, 3.05) is 6.54 Å². The minimum absolute atomic E-state index is 0.137. The summed E-state index contributed by atoms with van der Waals surface area (Å²) in [6.45, 7) is 11.9. The third-order valence-electron chi connectivity index (χ3n) is 4.35. The average molecular weight is 270 g/mol. The third kappa shape index (κ3) is 5.05. The predicted molar refractivity (Wildman–Crippen MR) is 81.6 cm³/mol. The molecule has 0 aromatic heterocycles. The number of hydroxylamine groups is 2. The van der Waals surface area contributed by atoms with Crippen LogP contribution in [0.25, 0.3) is 0 Å². The van der Waals surface area contributed by atoms with Crippen LogP contribution in [-0.2, 0) is 0 Å². The first kappa shape index (κ1) is 16.9. The lowest BCUT2D eigenvalue weighted by Gasteiger charge is -2.51. The molecule has 0 saturated carbocycles. The van der Waals surface area contributed by atoms with Crippen LogP contribution < -0.4 is 5.32 Å². The molecule has 0 amide bonds. The van der Waals surface area contributed by atoms with Gasteiger partial charge in [-0.1, -0.05) is 32.6 Å². The molecule has 2 N–H and O–H groups in total. The predicted octanol–water partition coefficient (Wildman–Crippen LogP) is 3.96. The molecule has 0 unspecified atom stereocenters. The SMILES string of the molecule is CCCCCCCNC1CC(C)(C)N(O)C(C)(C)C1. The summed E-state index contributed by atoms with van der Waals surface area (Å²) in [7, 11) is 0. The van der Waals surface area contributed by atoms with E-state index < -0.39 is 0 Å². The molecule has 114 valence electrons. The van der Waals surface area contributed by atoms with Crippen LogP contribution in [0.15, 0.2) is 0 Å². The molecule has 0 spiro atoms. The van der Waals surface area contributed by atoms with Gasteiger partial charge in [0.25, 0.3) is 0 Å². The Bertz CT molecular complexity index is 245. The van der Waals surface area contributed by atoms with E-state index in [1.165, 1.54) is 32.1 Å². The molecule has 1 heterocycles. The standard InChI is InChI=1S/C16H34N2O/c1-6-7-8-9-10-11-17-14-12-15(2,3)18(19)16(4,5)13-14/h14,17,19H,6-13H2,1-5H3. The van der Waals surface area contributed by atoms with E-state index in [2.05, 4.69) is 39.9 Å². The molecule has 19 heavy (non-hydrogen) atoms. The summed E-state index contributed by atoms with van der Waals surface area (Å²) in [5, 5.41) is 15.5. The largest absolute Gasteiger partial charge is 0.314 e. The summed E-state index contributed by atoms with van der Waals surface area (Å²) in [6, 6.07) is 0.527. The lowest BCUT2D eigenvalue weighted by molar-refractivity contribution is -0.246. The average Bonchev–Trinajstić information content (AvgIpc) is 2.30. The second-order valence-corrected chi connectivity index (χ2v) is 7.41. The molecule has 3 heteroatoms. The lowest BCUT2D eigenvalue weighted by atomic mass is 9.79. The molecule has 0 aliphatic carbocycles. The molecule has 0 radical (unpaired) electrons. The van der Waals surface area contributed by atoms with Crippen LogP contribution in [0.1, 0.15) is 79.6 Å². The number of piperidine rings is 1. The molecule has 1 fully saturated rings. The van der Waals surface area contributed by atoms with Crippen LogP contribution in [0, 0.1) is 0 Å². The number of rotatable bonds is 7. The van der Waals surface area contributed by atoms with Crippen LogP contribution in [0.2, 0.25) is 0 Å². The number of nitrogens with one attached hydrogen (secondary N) is 1. The van der Waals surface area contributed by atoms with Gasteiger partial charge in [-0.25, -0.2) is 0 Å². The van der Waals surface area contributed by atoms with Gasteiger partial charge in [0, 0.05) is 17.1 Å². The minimum atomic E-state index is -0.137.